The second-order valence-electron chi connectivity index (χ2n) is 7.06. The Bertz CT molecular complexity index is 212. The third-order valence-corrected chi connectivity index (χ3v) is 4.54. The van der Waals surface area contributed by atoms with Crippen molar-refractivity contribution in [3.8, 4) is 0 Å². The highest BCUT2D eigenvalue weighted by Gasteiger charge is 2.29. The van der Waals surface area contributed by atoms with Gasteiger partial charge in [0, 0.05) is 6.04 Å². The molecular weight excluding hydrogens is 220 g/mol. The molecular formula is C16H34N2. The van der Waals surface area contributed by atoms with Crippen LogP contribution in [-0.2, 0) is 0 Å². The molecule has 0 aliphatic carbocycles. The van der Waals surface area contributed by atoms with Gasteiger partial charge in [0.2, 0.25) is 0 Å². The molecule has 0 radical (unpaired) electrons. The highest BCUT2D eigenvalue weighted by atomic mass is 15.2. The van der Waals surface area contributed by atoms with Crippen molar-refractivity contribution in [1.29, 1.82) is 0 Å². The first-order valence-corrected chi connectivity index (χ1v) is 7.90. The SMILES string of the molecule is CCCNCCC(C)N1CCC(C(C)(C)C)CC1. The summed E-state index contributed by atoms with van der Waals surface area (Å²) in [5.41, 5.74) is 0.498. The fourth-order valence-corrected chi connectivity index (χ4v) is 3.00. The summed E-state index contributed by atoms with van der Waals surface area (Å²) in [4.78, 5) is 2.69. The van der Waals surface area contributed by atoms with Gasteiger partial charge < -0.3 is 10.2 Å². The van der Waals surface area contributed by atoms with Crippen LogP contribution < -0.4 is 5.32 Å². The second kappa shape index (κ2) is 7.49. The lowest BCUT2D eigenvalue weighted by Gasteiger charge is -2.41. The molecule has 1 aliphatic rings. The van der Waals surface area contributed by atoms with Crippen molar-refractivity contribution in [3.05, 3.63) is 0 Å². The molecule has 1 heterocycles. The normalized spacial score (nSPS) is 21.2. The van der Waals surface area contributed by atoms with Crippen LogP contribution in [0.25, 0.3) is 0 Å². The summed E-state index contributed by atoms with van der Waals surface area (Å²) in [5.74, 6) is 0.916. The third-order valence-electron chi connectivity index (χ3n) is 4.54. The van der Waals surface area contributed by atoms with Crippen molar-refractivity contribution in [1.82, 2.24) is 10.2 Å². The first-order valence-electron chi connectivity index (χ1n) is 7.90. The summed E-state index contributed by atoms with van der Waals surface area (Å²) in [6, 6.07) is 0.746. The minimum atomic E-state index is 0.498. The molecule has 18 heavy (non-hydrogen) atoms. The van der Waals surface area contributed by atoms with Crippen molar-refractivity contribution in [2.45, 2.75) is 66.3 Å². The van der Waals surface area contributed by atoms with E-state index in [0.29, 0.717) is 5.41 Å². The Labute approximate surface area is 115 Å². The van der Waals surface area contributed by atoms with Crippen LogP contribution in [-0.4, -0.2) is 37.1 Å². The summed E-state index contributed by atoms with van der Waals surface area (Å²) in [6.45, 7) is 16.8. The summed E-state index contributed by atoms with van der Waals surface area (Å²) in [6.07, 6.45) is 5.30. The molecule has 1 aliphatic heterocycles. The Kier molecular flexibility index (Phi) is 6.65. The third kappa shape index (κ3) is 5.27. The van der Waals surface area contributed by atoms with Crippen molar-refractivity contribution < 1.29 is 0 Å². The number of hydrogen-bond donors (Lipinski definition) is 1. The van der Waals surface area contributed by atoms with Crippen LogP contribution in [0.2, 0.25) is 0 Å². The van der Waals surface area contributed by atoms with Gasteiger partial charge in [-0.25, -0.2) is 0 Å². The maximum Gasteiger partial charge on any atom is 0.00790 e. The van der Waals surface area contributed by atoms with Gasteiger partial charge in [0.25, 0.3) is 0 Å². The zero-order valence-electron chi connectivity index (χ0n) is 13.3. The lowest BCUT2D eigenvalue weighted by molar-refractivity contribution is 0.0851. The van der Waals surface area contributed by atoms with Gasteiger partial charge >= 0.3 is 0 Å². The van der Waals surface area contributed by atoms with Crippen LogP contribution in [0.4, 0.5) is 0 Å². The van der Waals surface area contributed by atoms with Crippen molar-refractivity contribution in [2.24, 2.45) is 11.3 Å². The van der Waals surface area contributed by atoms with Crippen LogP contribution in [0.15, 0.2) is 0 Å². The van der Waals surface area contributed by atoms with Crippen LogP contribution >= 0.6 is 0 Å². The van der Waals surface area contributed by atoms with Gasteiger partial charge in [-0.05, 0) is 70.1 Å². The van der Waals surface area contributed by atoms with Gasteiger partial charge in [-0.15, -0.1) is 0 Å². The molecule has 1 rings (SSSR count). The Balaban J connectivity index is 2.21. The van der Waals surface area contributed by atoms with E-state index in [-0.39, 0.29) is 0 Å². The van der Waals surface area contributed by atoms with E-state index in [2.05, 4.69) is 44.8 Å². The van der Waals surface area contributed by atoms with E-state index in [9.17, 15) is 0 Å². The maximum atomic E-state index is 3.51. The number of nitrogens with zero attached hydrogens (tertiary/aromatic N) is 1. The van der Waals surface area contributed by atoms with Crippen LogP contribution in [0, 0.1) is 11.3 Å². The van der Waals surface area contributed by atoms with Gasteiger partial charge in [0.15, 0.2) is 0 Å². The van der Waals surface area contributed by atoms with E-state index < -0.39 is 0 Å². The van der Waals surface area contributed by atoms with Crippen LogP contribution in [0.5, 0.6) is 0 Å². The Morgan fingerprint density at radius 1 is 1.17 bits per heavy atom. The second-order valence-corrected chi connectivity index (χ2v) is 7.06. The molecule has 0 bridgehead atoms. The van der Waals surface area contributed by atoms with Crippen LogP contribution in [0.1, 0.15) is 60.3 Å². The smallest absolute Gasteiger partial charge is 0.00790 e. The molecule has 1 saturated heterocycles. The molecule has 1 atom stereocenters. The van der Waals surface area contributed by atoms with Crippen molar-refractivity contribution >= 4 is 0 Å². The molecule has 0 saturated carbocycles. The van der Waals surface area contributed by atoms with Gasteiger partial charge in [-0.3, -0.25) is 0 Å². The number of hydrogen-bond acceptors (Lipinski definition) is 2. The molecule has 108 valence electrons. The van der Waals surface area contributed by atoms with E-state index in [4.69, 9.17) is 0 Å². The highest BCUT2D eigenvalue weighted by Crippen LogP contribution is 2.34. The minimum Gasteiger partial charge on any atom is -0.317 e. The highest BCUT2D eigenvalue weighted by molar-refractivity contribution is 4.82. The molecule has 1 unspecified atom stereocenters. The number of piperidine rings is 1. The molecule has 0 aromatic rings. The van der Waals surface area contributed by atoms with E-state index in [1.54, 1.807) is 0 Å². The largest absolute Gasteiger partial charge is 0.317 e. The average Bonchev–Trinajstić information content (AvgIpc) is 2.33. The van der Waals surface area contributed by atoms with E-state index in [0.717, 1.165) is 12.0 Å². The van der Waals surface area contributed by atoms with Gasteiger partial charge in [0.1, 0.15) is 0 Å². The zero-order valence-corrected chi connectivity index (χ0v) is 13.3. The molecule has 0 aromatic carbocycles. The molecule has 0 spiro atoms. The fraction of sp³-hybridized carbons (Fsp3) is 1.00. The Morgan fingerprint density at radius 2 is 1.78 bits per heavy atom. The fourth-order valence-electron chi connectivity index (χ4n) is 3.00. The first kappa shape index (κ1) is 16.0. The average molecular weight is 254 g/mol. The quantitative estimate of drug-likeness (QED) is 0.730. The predicted molar refractivity (Wildman–Crippen MR) is 81.0 cm³/mol. The molecule has 0 aromatic heterocycles. The Morgan fingerprint density at radius 3 is 2.28 bits per heavy atom. The summed E-state index contributed by atoms with van der Waals surface area (Å²) in [7, 11) is 0. The van der Waals surface area contributed by atoms with Gasteiger partial charge in [0.05, 0.1) is 0 Å². The van der Waals surface area contributed by atoms with Crippen molar-refractivity contribution in [2.75, 3.05) is 26.2 Å². The predicted octanol–water partition coefficient (Wildman–Crippen LogP) is 3.52. The number of nitrogens with one attached hydrogen (secondary N) is 1. The minimum absolute atomic E-state index is 0.498. The standard InChI is InChI=1S/C16H34N2/c1-6-10-17-11-7-14(2)18-12-8-15(9-13-18)16(3,4)5/h14-15,17H,6-13H2,1-5H3. The molecule has 0 amide bonds. The number of rotatable bonds is 6. The summed E-state index contributed by atoms with van der Waals surface area (Å²) < 4.78 is 0. The van der Waals surface area contributed by atoms with Crippen LogP contribution in [0.3, 0.4) is 0 Å². The zero-order chi connectivity index (χ0) is 13.6. The first-order chi connectivity index (χ1) is 8.45. The molecule has 2 heteroatoms. The lowest BCUT2D eigenvalue weighted by Crippen LogP contribution is -2.43. The van der Waals surface area contributed by atoms with Gasteiger partial charge in [-0.1, -0.05) is 27.7 Å². The van der Waals surface area contributed by atoms with Crippen molar-refractivity contribution in [3.63, 3.8) is 0 Å². The lowest BCUT2D eigenvalue weighted by atomic mass is 9.75. The summed E-state index contributed by atoms with van der Waals surface area (Å²) in [5, 5.41) is 3.51. The van der Waals surface area contributed by atoms with Gasteiger partial charge in [-0.2, -0.15) is 0 Å². The molecule has 2 nitrogen and oxygen atoms in total. The monoisotopic (exact) mass is 254 g/mol. The maximum absolute atomic E-state index is 3.51. The Hall–Kier alpha value is -0.0800. The summed E-state index contributed by atoms with van der Waals surface area (Å²) >= 11 is 0. The van der Waals surface area contributed by atoms with E-state index in [1.165, 1.54) is 51.9 Å². The number of likely N-dealkylation sites (tertiary alicyclic amines) is 1. The molecule has 1 fully saturated rings. The van der Waals surface area contributed by atoms with E-state index >= 15 is 0 Å². The topological polar surface area (TPSA) is 15.3 Å². The van der Waals surface area contributed by atoms with E-state index in [1.807, 2.05) is 0 Å². The molecule has 1 N–H and O–H groups in total.